The number of rotatable bonds is 2. The van der Waals surface area contributed by atoms with E-state index in [9.17, 15) is 4.79 Å². The van der Waals surface area contributed by atoms with Gasteiger partial charge in [-0.3, -0.25) is 9.48 Å². The van der Waals surface area contributed by atoms with E-state index in [2.05, 4.69) is 21.8 Å². The summed E-state index contributed by atoms with van der Waals surface area (Å²) in [5.41, 5.74) is 5.49. The number of aromatic nitrogens is 2. The van der Waals surface area contributed by atoms with Crippen molar-refractivity contribution in [3.8, 4) is 0 Å². The zero-order chi connectivity index (χ0) is 15.8. The highest BCUT2D eigenvalue weighted by Gasteiger charge is 2.26. The molecule has 1 aliphatic carbocycles. The fourth-order valence-corrected chi connectivity index (χ4v) is 3.81. The van der Waals surface area contributed by atoms with Crippen LogP contribution in [0.15, 0.2) is 24.4 Å². The first kappa shape index (κ1) is 16.8. The Morgan fingerprint density at radius 3 is 3.08 bits per heavy atom. The van der Waals surface area contributed by atoms with Crippen molar-refractivity contribution < 1.29 is 4.79 Å². The lowest BCUT2D eigenvalue weighted by atomic mass is 9.92. The largest absolute Gasteiger partial charge is 0.385 e. The smallest absolute Gasteiger partial charge is 0.252 e. The van der Waals surface area contributed by atoms with Crippen molar-refractivity contribution in [1.29, 1.82) is 0 Å². The molecule has 1 aromatic heterocycles. The Morgan fingerprint density at radius 1 is 1.33 bits per heavy atom. The first-order valence-corrected chi connectivity index (χ1v) is 8.41. The molecule has 1 aliphatic heterocycles. The van der Waals surface area contributed by atoms with Gasteiger partial charge in [-0.15, -0.1) is 12.4 Å². The lowest BCUT2D eigenvalue weighted by molar-refractivity contribution is 0.0931. The topological polar surface area (TPSA) is 59.0 Å². The predicted molar refractivity (Wildman–Crippen MR) is 96.9 cm³/mol. The van der Waals surface area contributed by atoms with Crippen molar-refractivity contribution in [2.75, 3.05) is 11.9 Å². The second-order valence-corrected chi connectivity index (χ2v) is 6.45. The molecule has 0 fully saturated rings. The summed E-state index contributed by atoms with van der Waals surface area (Å²) in [4.78, 5) is 12.8. The molecule has 0 bridgehead atoms. The molecule has 2 N–H and O–H groups in total. The molecule has 0 radical (unpaired) electrons. The number of carbonyl (C=O) groups excluding carboxylic acids is 1. The standard InChI is InChI=1S/C18H22N4O.ClH/c1-22-17-9-3-8-16(14(17)11-20-22)21-18(23)13-5-2-7-15-12(13)6-4-10-19-15;/h2,5,7,11,16,19H,3-4,6,8-10H2,1H3,(H,21,23);1H. The number of halogens is 1. The molecular weight excluding hydrogens is 324 g/mol. The summed E-state index contributed by atoms with van der Waals surface area (Å²) in [7, 11) is 1.97. The van der Waals surface area contributed by atoms with Crippen LogP contribution in [0.3, 0.4) is 0 Å². The highest BCUT2D eigenvalue weighted by Crippen LogP contribution is 2.30. The molecule has 0 saturated carbocycles. The molecule has 24 heavy (non-hydrogen) atoms. The minimum Gasteiger partial charge on any atom is -0.385 e. The van der Waals surface area contributed by atoms with E-state index in [-0.39, 0.29) is 24.4 Å². The number of aryl methyl sites for hydroxylation is 1. The summed E-state index contributed by atoms with van der Waals surface area (Å²) in [5.74, 6) is 0.0345. The molecule has 4 rings (SSSR count). The number of carbonyl (C=O) groups is 1. The lowest BCUT2D eigenvalue weighted by Gasteiger charge is -2.25. The first-order chi connectivity index (χ1) is 11.2. The van der Waals surface area contributed by atoms with Gasteiger partial charge in [-0.1, -0.05) is 6.07 Å². The van der Waals surface area contributed by atoms with Gasteiger partial charge in [0.2, 0.25) is 0 Å². The zero-order valence-corrected chi connectivity index (χ0v) is 14.7. The Kier molecular flexibility index (Phi) is 4.81. The summed E-state index contributed by atoms with van der Waals surface area (Å²) < 4.78 is 1.93. The van der Waals surface area contributed by atoms with Crippen molar-refractivity contribution >= 4 is 24.0 Å². The van der Waals surface area contributed by atoms with Gasteiger partial charge in [0.05, 0.1) is 12.2 Å². The maximum atomic E-state index is 12.8. The molecule has 5 nitrogen and oxygen atoms in total. The molecule has 1 unspecified atom stereocenters. The number of nitrogens with one attached hydrogen (secondary N) is 2. The normalized spacial score (nSPS) is 18.6. The van der Waals surface area contributed by atoms with Gasteiger partial charge in [0, 0.05) is 36.1 Å². The van der Waals surface area contributed by atoms with Gasteiger partial charge in [-0.2, -0.15) is 5.10 Å². The van der Waals surface area contributed by atoms with Gasteiger partial charge >= 0.3 is 0 Å². The average Bonchev–Trinajstić information content (AvgIpc) is 2.97. The van der Waals surface area contributed by atoms with Crippen molar-refractivity contribution in [2.45, 2.75) is 38.1 Å². The number of hydrogen-bond donors (Lipinski definition) is 2. The van der Waals surface area contributed by atoms with E-state index in [1.54, 1.807) is 0 Å². The Labute approximate surface area is 148 Å². The summed E-state index contributed by atoms with van der Waals surface area (Å²) >= 11 is 0. The van der Waals surface area contributed by atoms with Crippen LogP contribution in [0.25, 0.3) is 0 Å². The van der Waals surface area contributed by atoms with Gasteiger partial charge in [-0.25, -0.2) is 0 Å². The maximum absolute atomic E-state index is 12.8. The molecule has 1 aromatic carbocycles. The van der Waals surface area contributed by atoms with Crippen LogP contribution in [0.1, 0.15) is 52.5 Å². The number of anilines is 1. The summed E-state index contributed by atoms with van der Waals surface area (Å²) in [6.45, 7) is 0.986. The Bertz CT molecular complexity index is 755. The van der Waals surface area contributed by atoms with E-state index in [0.29, 0.717) is 0 Å². The van der Waals surface area contributed by atoms with Crippen molar-refractivity contribution in [1.82, 2.24) is 15.1 Å². The Morgan fingerprint density at radius 2 is 2.21 bits per heavy atom. The molecular formula is C18H23ClN4O. The van der Waals surface area contributed by atoms with Crippen molar-refractivity contribution in [3.05, 3.63) is 46.8 Å². The molecule has 6 heteroatoms. The van der Waals surface area contributed by atoms with Crippen molar-refractivity contribution in [3.63, 3.8) is 0 Å². The third kappa shape index (κ3) is 2.88. The molecule has 2 aromatic rings. The van der Waals surface area contributed by atoms with Gasteiger partial charge in [0.25, 0.3) is 5.91 Å². The van der Waals surface area contributed by atoms with Gasteiger partial charge in [0.15, 0.2) is 0 Å². The van der Waals surface area contributed by atoms with Gasteiger partial charge in [-0.05, 0) is 49.8 Å². The molecule has 128 valence electrons. The van der Waals surface area contributed by atoms with Crippen LogP contribution < -0.4 is 10.6 Å². The summed E-state index contributed by atoms with van der Waals surface area (Å²) in [5, 5.41) is 11.0. The van der Waals surface area contributed by atoms with Crippen LogP contribution in [0.5, 0.6) is 0 Å². The average molecular weight is 347 g/mol. The van der Waals surface area contributed by atoms with Crippen LogP contribution in [-0.2, 0) is 19.9 Å². The Balaban J connectivity index is 0.00000169. The summed E-state index contributed by atoms with van der Waals surface area (Å²) in [6.07, 6.45) is 7.07. The molecule has 0 saturated heterocycles. The third-order valence-electron chi connectivity index (χ3n) is 5.02. The van der Waals surface area contributed by atoms with E-state index >= 15 is 0 Å². The van der Waals surface area contributed by atoms with Crippen LogP contribution in [-0.4, -0.2) is 22.2 Å². The highest BCUT2D eigenvalue weighted by atomic mass is 35.5. The maximum Gasteiger partial charge on any atom is 0.252 e. The quantitative estimate of drug-likeness (QED) is 0.878. The zero-order valence-electron chi connectivity index (χ0n) is 13.8. The van der Waals surface area contributed by atoms with E-state index in [1.807, 2.05) is 30.1 Å². The SMILES string of the molecule is Cl.Cn1ncc2c1CCCC2NC(=O)c1cccc2c1CCCN2. The fraction of sp³-hybridized carbons (Fsp3) is 0.444. The minimum absolute atomic E-state index is 0. The molecule has 1 amide bonds. The molecule has 1 atom stereocenters. The van der Waals surface area contributed by atoms with Crippen LogP contribution >= 0.6 is 12.4 Å². The predicted octanol–water partition coefficient (Wildman–Crippen LogP) is 3.01. The highest BCUT2D eigenvalue weighted by molar-refractivity contribution is 5.97. The number of benzene rings is 1. The first-order valence-electron chi connectivity index (χ1n) is 8.41. The van der Waals surface area contributed by atoms with E-state index in [1.165, 1.54) is 11.3 Å². The number of amides is 1. The van der Waals surface area contributed by atoms with Crippen LogP contribution in [0.2, 0.25) is 0 Å². The summed E-state index contributed by atoms with van der Waals surface area (Å²) in [6, 6.07) is 6.04. The van der Waals surface area contributed by atoms with E-state index in [0.717, 1.165) is 55.5 Å². The third-order valence-corrected chi connectivity index (χ3v) is 5.02. The van der Waals surface area contributed by atoms with E-state index in [4.69, 9.17) is 0 Å². The van der Waals surface area contributed by atoms with Gasteiger partial charge < -0.3 is 10.6 Å². The number of nitrogens with zero attached hydrogens (tertiary/aromatic N) is 2. The van der Waals surface area contributed by atoms with Crippen LogP contribution in [0.4, 0.5) is 5.69 Å². The molecule has 0 spiro atoms. The number of hydrogen-bond acceptors (Lipinski definition) is 3. The van der Waals surface area contributed by atoms with E-state index < -0.39 is 0 Å². The number of fused-ring (bicyclic) bond motifs is 2. The minimum atomic E-state index is 0. The fourth-order valence-electron chi connectivity index (χ4n) is 3.81. The van der Waals surface area contributed by atoms with Crippen molar-refractivity contribution in [2.24, 2.45) is 7.05 Å². The lowest BCUT2D eigenvalue weighted by Crippen LogP contribution is -2.32. The molecule has 2 heterocycles. The van der Waals surface area contributed by atoms with Crippen LogP contribution in [0, 0.1) is 0 Å². The Hall–Kier alpha value is -2.01. The second kappa shape index (κ2) is 6.85. The molecule has 2 aliphatic rings. The monoisotopic (exact) mass is 346 g/mol. The second-order valence-electron chi connectivity index (χ2n) is 6.45. The van der Waals surface area contributed by atoms with Gasteiger partial charge in [0.1, 0.15) is 0 Å².